The van der Waals surface area contributed by atoms with Crippen LogP contribution in [0.4, 0.5) is 4.79 Å². The Balaban J connectivity index is 1.46. The number of rotatable bonds is 4. The minimum atomic E-state index is -0.401. The van der Waals surface area contributed by atoms with Crippen LogP contribution < -0.4 is 10.1 Å². The minimum Gasteiger partial charge on any atom is -0.423 e. The smallest absolute Gasteiger partial charge is 0.412 e. The molecule has 0 atom stereocenters. The van der Waals surface area contributed by atoms with E-state index in [0.29, 0.717) is 11.6 Å². The van der Waals surface area contributed by atoms with Gasteiger partial charge in [0.05, 0.1) is 5.56 Å². The third-order valence-electron chi connectivity index (χ3n) is 4.90. The van der Waals surface area contributed by atoms with Crippen LogP contribution in [0, 0.1) is 0 Å². The Hall–Kier alpha value is -3.22. The highest BCUT2D eigenvalue weighted by atomic mass is 16.6. The van der Waals surface area contributed by atoms with Crippen molar-refractivity contribution >= 4 is 6.09 Å². The highest BCUT2D eigenvalue weighted by Gasteiger charge is 2.16. The lowest BCUT2D eigenvalue weighted by Crippen LogP contribution is -2.36. The zero-order chi connectivity index (χ0) is 19.2. The summed E-state index contributed by atoms with van der Waals surface area (Å²) in [5.41, 5.74) is 2.48. The van der Waals surface area contributed by atoms with Crippen LogP contribution in [-0.2, 0) is 0 Å². The maximum atomic E-state index is 12.3. The molecule has 1 aliphatic rings. The summed E-state index contributed by atoms with van der Waals surface area (Å²) in [6, 6.07) is 9.49. The molecule has 0 bridgehead atoms. The first-order valence-corrected chi connectivity index (χ1v) is 9.58. The molecule has 1 aliphatic carbocycles. The Morgan fingerprint density at radius 3 is 2.64 bits per heavy atom. The minimum absolute atomic E-state index is 0.202. The zero-order valence-corrected chi connectivity index (χ0v) is 15.5. The average molecular weight is 378 g/mol. The summed E-state index contributed by atoms with van der Waals surface area (Å²) in [6.45, 7) is 0. The standard InChI is InChI=1S/C21H22N4O3/c26-21(24-18-7-3-1-2-4-8-18)28-19-9-5-6-15(11-19)16-10-17(13-22-12-16)20-25-23-14-27-20/h5-6,9-14,18H,1-4,7-8H2,(H,24,26). The Morgan fingerprint density at radius 2 is 1.86 bits per heavy atom. The molecule has 0 saturated heterocycles. The third-order valence-corrected chi connectivity index (χ3v) is 4.90. The number of hydrogen-bond donors (Lipinski definition) is 1. The molecule has 0 unspecified atom stereocenters. The van der Waals surface area contributed by atoms with Gasteiger partial charge in [0.15, 0.2) is 0 Å². The second kappa shape index (κ2) is 8.65. The molecule has 28 heavy (non-hydrogen) atoms. The van der Waals surface area contributed by atoms with E-state index in [1.54, 1.807) is 18.5 Å². The van der Waals surface area contributed by atoms with Crippen molar-refractivity contribution in [3.63, 3.8) is 0 Å². The van der Waals surface area contributed by atoms with E-state index in [2.05, 4.69) is 20.5 Å². The van der Waals surface area contributed by atoms with Gasteiger partial charge in [-0.25, -0.2) is 4.79 Å². The van der Waals surface area contributed by atoms with E-state index in [4.69, 9.17) is 9.15 Å². The first-order chi connectivity index (χ1) is 13.8. The summed E-state index contributed by atoms with van der Waals surface area (Å²) < 4.78 is 10.7. The summed E-state index contributed by atoms with van der Waals surface area (Å²) in [6.07, 6.45) is 11.1. The largest absolute Gasteiger partial charge is 0.423 e. The van der Waals surface area contributed by atoms with Crippen molar-refractivity contribution in [3.05, 3.63) is 49.1 Å². The lowest BCUT2D eigenvalue weighted by Gasteiger charge is -2.16. The highest BCUT2D eigenvalue weighted by molar-refractivity contribution is 5.73. The molecule has 1 amide bonds. The molecule has 2 aromatic heterocycles. The third kappa shape index (κ3) is 4.54. The van der Waals surface area contributed by atoms with E-state index < -0.39 is 6.09 Å². The fourth-order valence-corrected chi connectivity index (χ4v) is 3.48. The van der Waals surface area contributed by atoms with Gasteiger partial charge in [0.1, 0.15) is 5.75 Å². The van der Waals surface area contributed by atoms with Gasteiger partial charge in [-0.1, -0.05) is 37.8 Å². The van der Waals surface area contributed by atoms with Crippen LogP contribution in [0.5, 0.6) is 5.75 Å². The first kappa shape index (κ1) is 18.2. The molecule has 2 heterocycles. The lowest BCUT2D eigenvalue weighted by molar-refractivity contribution is 0.194. The fourth-order valence-electron chi connectivity index (χ4n) is 3.48. The molecule has 144 valence electrons. The molecule has 1 fully saturated rings. The Bertz CT molecular complexity index is 919. The Morgan fingerprint density at radius 1 is 1.04 bits per heavy atom. The van der Waals surface area contributed by atoms with Crippen LogP contribution in [0.1, 0.15) is 38.5 Å². The van der Waals surface area contributed by atoms with Gasteiger partial charge in [0.2, 0.25) is 12.3 Å². The fraction of sp³-hybridized carbons (Fsp3) is 0.333. The zero-order valence-electron chi connectivity index (χ0n) is 15.5. The molecular weight excluding hydrogens is 356 g/mol. The van der Waals surface area contributed by atoms with E-state index in [1.165, 1.54) is 19.2 Å². The molecule has 1 aromatic carbocycles. The number of aromatic nitrogens is 3. The summed E-state index contributed by atoms with van der Waals surface area (Å²) in [4.78, 5) is 16.5. The maximum absolute atomic E-state index is 12.3. The number of carbonyl (C=O) groups is 1. The van der Waals surface area contributed by atoms with E-state index in [9.17, 15) is 4.79 Å². The van der Waals surface area contributed by atoms with Crippen LogP contribution in [0.25, 0.3) is 22.6 Å². The number of benzene rings is 1. The maximum Gasteiger partial charge on any atom is 0.412 e. The van der Waals surface area contributed by atoms with Gasteiger partial charge < -0.3 is 14.5 Å². The highest BCUT2D eigenvalue weighted by Crippen LogP contribution is 2.27. The van der Waals surface area contributed by atoms with E-state index >= 15 is 0 Å². The van der Waals surface area contributed by atoms with Gasteiger partial charge in [0, 0.05) is 24.0 Å². The van der Waals surface area contributed by atoms with Gasteiger partial charge in [-0.05, 0) is 36.6 Å². The van der Waals surface area contributed by atoms with Crippen LogP contribution in [0.2, 0.25) is 0 Å². The van der Waals surface area contributed by atoms with Gasteiger partial charge in [0.25, 0.3) is 0 Å². The van der Waals surface area contributed by atoms with E-state index in [-0.39, 0.29) is 6.04 Å². The van der Waals surface area contributed by atoms with Crippen molar-refractivity contribution in [2.24, 2.45) is 0 Å². The number of ether oxygens (including phenoxy) is 1. The van der Waals surface area contributed by atoms with Crippen molar-refractivity contribution in [2.45, 2.75) is 44.6 Å². The second-order valence-electron chi connectivity index (χ2n) is 6.96. The average Bonchev–Trinajstić information content (AvgIpc) is 3.14. The van der Waals surface area contributed by atoms with Crippen molar-refractivity contribution in [3.8, 4) is 28.3 Å². The van der Waals surface area contributed by atoms with Gasteiger partial charge >= 0.3 is 6.09 Å². The van der Waals surface area contributed by atoms with Crippen molar-refractivity contribution < 1.29 is 13.9 Å². The molecule has 7 nitrogen and oxygen atoms in total. The molecule has 1 saturated carbocycles. The lowest BCUT2D eigenvalue weighted by atomic mass is 10.1. The van der Waals surface area contributed by atoms with Crippen LogP contribution in [0.3, 0.4) is 0 Å². The number of hydrogen-bond acceptors (Lipinski definition) is 6. The van der Waals surface area contributed by atoms with Gasteiger partial charge in [-0.3, -0.25) is 4.98 Å². The summed E-state index contributed by atoms with van der Waals surface area (Å²) in [5.74, 6) is 0.899. The Labute approximate surface area is 163 Å². The predicted octanol–water partition coefficient (Wildman–Crippen LogP) is 4.61. The van der Waals surface area contributed by atoms with E-state index in [1.807, 2.05) is 24.3 Å². The molecule has 4 rings (SSSR count). The molecule has 1 N–H and O–H groups in total. The van der Waals surface area contributed by atoms with E-state index in [0.717, 1.165) is 42.4 Å². The molecule has 0 aliphatic heterocycles. The topological polar surface area (TPSA) is 90.1 Å². The monoisotopic (exact) mass is 378 g/mol. The summed E-state index contributed by atoms with van der Waals surface area (Å²) >= 11 is 0. The normalized spacial score (nSPS) is 15.0. The summed E-state index contributed by atoms with van der Waals surface area (Å²) in [5, 5.41) is 10.6. The predicted molar refractivity (Wildman–Crippen MR) is 104 cm³/mol. The van der Waals surface area contributed by atoms with Gasteiger partial charge in [-0.15, -0.1) is 10.2 Å². The molecule has 7 heteroatoms. The second-order valence-corrected chi connectivity index (χ2v) is 6.96. The quantitative estimate of drug-likeness (QED) is 0.667. The van der Waals surface area contributed by atoms with Crippen LogP contribution in [0.15, 0.2) is 53.5 Å². The van der Waals surface area contributed by atoms with Crippen LogP contribution >= 0.6 is 0 Å². The number of pyridine rings is 1. The van der Waals surface area contributed by atoms with Crippen molar-refractivity contribution in [1.29, 1.82) is 0 Å². The Kier molecular flexibility index (Phi) is 5.61. The molecular formula is C21H22N4O3. The van der Waals surface area contributed by atoms with Crippen molar-refractivity contribution in [2.75, 3.05) is 0 Å². The number of carbonyl (C=O) groups excluding carboxylic acids is 1. The van der Waals surface area contributed by atoms with Crippen molar-refractivity contribution in [1.82, 2.24) is 20.5 Å². The molecule has 0 radical (unpaired) electrons. The first-order valence-electron chi connectivity index (χ1n) is 9.58. The molecule has 3 aromatic rings. The number of nitrogens with one attached hydrogen (secondary N) is 1. The van der Waals surface area contributed by atoms with Crippen LogP contribution in [-0.4, -0.2) is 27.3 Å². The SMILES string of the molecule is O=C(NC1CCCCCC1)Oc1cccc(-c2cncc(-c3nnco3)c2)c1. The molecule has 0 spiro atoms. The summed E-state index contributed by atoms with van der Waals surface area (Å²) in [7, 11) is 0. The number of amides is 1. The number of nitrogens with zero attached hydrogens (tertiary/aromatic N) is 3. The van der Waals surface area contributed by atoms with Gasteiger partial charge in [-0.2, -0.15) is 0 Å².